The zero-order valence-electron chi connectivity index (χ0n) is 9.75. The monoisotopic (exact) mass is 227 g/mol. The van der Waals surface area contributed by atoms with Gasteiger partial charge in [-0.2, -0.15) is 0 Å². The number of aromatic nitrogens is 2. The minimum atomic E-state index is 0.500. The highest BCUT2D eigenvalue weighted by atomic mass is 16.4. The average molecular weight is 227 g/mol. The smallest absolute Gasteiger partial charge is 0.159 e. The lowest BCUT2D eigenvalue weighted by molar-refractivity contribution is 0.319. The van der Waals surface area contributed by atoms with Crippen molar-refractivity contribution in [1.82, 2.24) is 9.97 Å². The molecule has 0 saturated heterocycles. The highest BCUT2D eigenvalue weighted by molar-refractivity contribution is 5.97. The van der Waals surface area contributed by atoms with Crippen LogP contribution in [-0.2, 0) is 0 Å². The molecule has 0 unspecified atom stereocenters. The summed E-state index contributed by atoms with van der Waals surface area (Å²) in [5, 5.41) is 11.7. The fourth-order valence-electron chi connectivity index (χ4n) is 1.42. The van der Waals surface area contributed by atoms with E-state index in [1.54, 1.807) is 19.3 Å². The van der Waals surface area contributed by atoms with Gasteiger partial charge in [0.2, 0.25) is 0 Å². The Labute approximate surface area is 99.7 Å². The summed E-state index contributed by atoms with van der Waals surface area (Å²) in [5.74, 6) is 0.666. The lowest BCUT2D eigenvalue weighted by Crippen LogP contribution is -1.98. The fourth-order valence-corrected chi connectivity index (χ4v) is 1.42. The predicted molar refractivity (Wildman–Crippen MR) is 66.2 cm³/mol. The number of hydrogen-bond acceptors (Lipinski definition) is 4. The maximum absolute atomic E-state index is 8.64. The van der Waals surface area contributed by atoms with E-state index in [1.165, 1.54) is 5.56 Å². The summed E-state index contributed by atoms with van der Waals surface area (Å²) >= 11 is 0. The van der Waals surface area contributed by atoms with Gasteiger partial charge in [0.05, 0.1) is 5.71 Å². The maximum Gasteiger partial charge on any atom is 0.159 e. The third-order valence-electron chi connectivity index (χ3n) is 2.53. The summed E-state index contributed by atoms with van der Waals surface area (Å²) < 4.78 is 0. The van der Waals surface area contributed by atoms with Crippen LogP contribution in [0, 0.1) is 6.92 Å². The molecule has 2 aromatic rings. The molecule has 0 aliphatic heterocycles. The molecule has 1 heterocycles. The summed E-state index contributed by atoms with van der Waals surface area (Å²) in [6.45, 7) is 3.74. The third-order valence-corrected chi connectivity index (χ3v) is 2.53. The molecular formula is C13H13N3O. The van der Waals surface area contributed by atoms with Crippen molar-refractivity contribution < 1.29 is 5.21 Å². The lowest BCUT2D eigenvalue weighted by atomic mass is 10.1. The van der Waals surface area contributed by atoms with E-state index in [0.717, 1.165) is 5.56 Å². The first-order valence-electron chi connectivity index (χ1n) is 5.29. The van der Waals surface area contributed by atoms with E-state index in [-0.39, 0.29) is 0 Å². The third kappa shape index (κ3) is 2.47. The van der Waals surface area contributed by atoms with E-state index >= 15 is 0 Å². The number of aryl methyl sites for hydroxylation is 1. The summed E-state index contributed by atoms with van der Waals surface area (Å²) in [6.07, 6.45) is 3.30. The molecular weight excluding hydrogens is 214 g/mol. The minimum absolute atomic E-state index is 0.500. The number of nitrogens with zero attached hydrogens (tertiary/aromatic N) is 3. The van der Waals surface area contributed by atoms with Gasteiger partial charge in [0.15, 0.2) is 5.82 Å². The average Bonchev–Trinajstić information content (AvgIpc) is 2.39. The second-order valence-corrected chi connectivity index (χ2v) is 3.85. The van der Waals surface area contributed by atoms with Gasteiger partial charge in [0.1, 0.15) is 0 Å². The van der Waals surface area contributed by atoms with Crippen molar-refractivity contribution in [1.29, 1.82) is 0 Å². The number of oxime groups is 1. The Balaban J connectivity index is 2.32. The second-order valence-electron chi connectivity index (χ2n) is 3.85. The number of benzene rings is 1. The largest absolute Gasteiger partial charge is 0.411 e. The van der Waals surface area contributed by atoms with E-state index in [9.17, 15) is 0 Å². The van der Waals surface area contributed by atoms with Crippen LogP contribution in [0.3, 0.4) is 0 Å². The fraction of sp³-hybridized carbons (Fsp3) is 0.154. The van der Waals surface area contributed by atoms with Gasteiger partial charge in [0, 0.05) is 23.5 Å². The lowest BCUT2D eigenvalue weighted by Gasteiger charge is -2.02. The molecule has 1 N–H and O–H groups in total. The number of hydrogen-bond donors (Lipinski definition) is 1. The molecule has 1 aromatic heterocycles. The van der Waals surface area contributed by atoms with Gasteiger partial charge < -0.3 is 5.21 Å². The summed E-state index contributed by atoms with van der Waals surface area (Å²) in [6, 6.07) is 8.01. The normalized spacial score (nSPS) is 11.5. The molecule has 0 amide bonds. The molecule has 0 aliphatic rings. The van der Waals surface area contributed by atoms with Crippen molar-refractivity contribution >= 4 is 5.71 Å². The van der Waals surface area contributed by atoms with Crippen molar-refractivity contribution in [2.75, 3.05) is 0 Å². The molecule has 86 valence electrons. The van der Waals surface area contributed by atoms with Crippen LogP contribution in [0.5, 0.6) is 0 Å². The molecule has 2 rings (SSSR count). The molecule has 1 aromatic carbocycles. The van der Waals surface area contributed by atoms with Gasteiger partial charge in [-0.25, -0.2) is 9.97 Å². The van der Waals surface area contributed by atoms with Crippen LogP contribution in [0.1, 0.15) is 18.1 Å². The topological polar surface area (TPSA) is 58.4 Å². The predicted octanol–water partition coefficient (Wildman–Crippen LogP) is 2.65. The van der Waals surface area contributed by atoms with Crippen molar-refractivity contribution in [3.63, 3.8) is 0 Å². The van der Waals surface area contributed by atoms with Crippen LogP contribution in [-0.4, -0.2) is 20.9 Å². The molecule has 17 heavy (non-hydrogen) atoms. The van der Waals surface area contributed by atoms with Gasteiger partial charge >= 0.3 is 0 Å². The Morgan fingerprint density at radius 1 is 1.12 bits per heavy atom. The first-order chi connectivity index (χ1) is 8.20. The van der Waals surface area contributed by atoms with Crippen LogP contribution in [0.2, 0.25) is 0 Å². The van der Waals surface area contributed by atoms with Crippen molar-refractivity contribution in [3.8, 4) is 11.4 Å². The molecule has 4 nitrogen and oxygen atoms in total. The van der Waals surface area contributed by atoms with Gasteiger partial charge in [-0.15, -0.1) is 0 Å². The summed E-state index contributed by atoms with van der Waals surface area (Å²) in [4.78, 5) is 8.49. The van der Waals surface area contributed by atoms with Gasteiger partial charge in [0.25, 0.3) is 0 Å². The van der Waals surface area contributed by atoms with Crippen LogP contribution in [0.15, 0.2) is 41.8 Å². The Hall–Kier alpha value is -2.23. The minimum Gasteiger partial charge on any atom is -0.411 e. The van der Waals surface area contributed by atoms with Gasteiger partial charge in [-0.3, -0.25) is 0 Å². The molecule has 0 aliphatic carbocycles. The standard InChI is InChI=1S/C13H13N3O/c1-9-3-5-11(6-4-9)13-14-7-12(8-15-13)10(2)16-17/h3-8,17H,1-2H3/b16-10-. The van der Waals surface area contributed by atoms with E-state index in [1.807, 2.05) is 31.2 Å². The Morgan fingerprint density at radius 3 is 2.24 bits per heavy atom. The quantitative estimate of drug-likeness (QED) is 0.487. The molecule has 4 heteroatoms. The molecule has 0 saturated carbocycles. The van der Waals surface area contributed by atoms with E-state index < -0.39 is 0 Å². The highest BCUT2D eigenvalue weighted by Crippen LogP contribution is 2.15. The first-order valence-corrected chi connectivity index (χ1v) is 5.29. The highest BCUT2D eigenvalue weighted by Gasteiger charge is 2.03. The van der Waals surface area contributed by atoms with E-state index in [0.29, 0.717) is 17.1 Å². The summed E-state index contributed by atoms with van der Waals surface area (Å²) in [7, 11) is 0. The number of rotatable bonds is 2. The summed E-state index contributed by atoms with van der Waals surface area (Å²) in [5.41, 5.74) is 3.39. The van der Waals surface area contributed by atoms with Crippen LogP contribution >= 0.6 is 0 Å². The van der Waals surface area contributed by atoms with Crippen LogP contribution in [0.4, 0.5) is 0 Å². The SMILES string of the molecule is C/C(=N/O)c1cnc(-c2ccc(C)cc2)nc1. The maximum atomic E-state index is 8.64. The first kappa shape index (κ1) is 11.3. The molecule has 0 atom stereocenters. The van der Waals surface area contributed by atoms with Gasteiger partial charge in [-0.1, -0.05) is 35.0 Å². The Kier molecular flexibility index (Phi) is 3.14. The molecule has 0 bridgehead atoms. The van der Waals surface area contributed by atoms with E-state index in [4.69, 9.17) is 5.21 Å². The van der Waals surface area contributed by atoms with Crippen molar-refractivity contribution in [3.05, 3.63) is 47.8 Å². The Morgan fingerprint density at radius 2 is 1.71 bits per heavy atom. The molecule has 0 fully saturated rings. The second kappa shape index (κ2) is 4.74. The van der Waals surface area contributed by atoms with Crippen molar-refractivity contribution in [2.24, 2.45) is 5.16 Å². The molecule has 0 spiro atoms. The van der Waals surface area contributed by atoms with E-state index in [2.05, 4.69) is 15.1 Å². The molecule has 0 radical (unpaired) electrons. The zero-order chi connectivity index (χ0) is 12.3. The van der Waals surface area contributed by atoms with Crippen LogP contribution in [0.25, 0.3) is 11.4 Å². The van der Waals surface area contributed by atoms with Crippen LogP contribution < -0.4 is 0 Å². The van der Waals surface area contributed by atoms with Crippen molar-refractivity contribution in [2.45, 2.75) is 13.8 Å². The van der Waals surface area contributed by atoms with Gasteiger partial charge in [-0.05, 0) is 13.8 Å². The Bertz CT molecular complexity index is 530. The zero-order valence-corrected chi connectivity index (χ0v) is 9.75.